The van der Waals surface area contributed by atoms with Gasteiger partial charge in [0.1, 0.15) is 5.75 Å². The van der Waals surface area contributed by atoms with Gasteiger partial charge in [0, 0.05) is 56.0 Å². The third kappa shape index (κ3) is 3.66. The first-order valence-corrected chi connectivity index (χ1v) is 10.7. The van der Waals surface area contributed by atoms with Crippen molar-refractivity contribution in [1.82, 2.24) is 14.8 Å². The Bertz CT molecular complexity index is 1060. The minimum Gasteiger partial charge on any atom is -0.497 e. The summed E-state index contributed by atoms with van der Waals surface area (Å²) in [7, 11) is 1.60. The Morgan fingerprint density at radius 1 is 1.03 bits per heavy atom. The number of anilines is 1. The second-order valence-corrected chi connectivity index (χ2v) is 8.66. The molecule has 3 aliphatic rings. The maximum Gasteiger partial charge on any atom is 0.317 e. The number of methoxy groups -OCH3 is 1. The molecule has 2 fully saturated rings. The summed E-state index contributed by atoms with van der Waals surface area (Å²) in [5.74, 6) is 1.19. The van der Waals surface area contributed by atoms with Crippen molar-refractivity contribution in [2.24, 2.45) is 5.92 Å². The lowest BCUT2D eigenvalue weighted by atomic mass is 9.83. The average Bonchev–Trinajstić information content (AvgIpc) is 3.14. The first-order chi connectivity index (χ1) is 15.0. The van der Waals surface area contributed by atoms with Gasteiger partial charge < -0.3 is 24.4 Å². The molecule has 1 aromatic carbocycles. The Kier molecular flexibility index (Phi) is 4.92. The number of benzene rings is 1. The van der Waals surface area contributed by atoms with Crippen LogP contribution >= 0.6 is 0 Å². The number of aromatic nitrogens is 1. The Labute approximate surface area is 180 Å². The van der Waals surface area contributed by atoms with E-state index >= 15 is 0 Å². The molecular formula is C23H26N4O4. The lowest BCUT2D eigenvalue weighted by Crippen LogP contribution is -2.53. The summed E-state index contributed by atoms with van der Waals surface area (Å²) in [6.07, 6.45) is 1.29. The topological polar surface area (TPSA) is 83.9 Å². The van der Waals surface area contributed by atoms with Crippen LogP contribution in [0.4, 0.5) is 10.5 Å². The fraction of sp³-hybridized carbons (Fsp3) is 0.435. The van der Waals surface area contributed by atoms with Crippen LogP contribution in [0.15, 0.2) is 47.3 Å². The molecule has 0 aliphatic carbocycles. The molecule has 0 spiro atoms. The summed E-state index contributed by atoms with van der Waals surface area (Å²) >= 11 is 0. The third-order valence-electron chi connectivity index (χ3n) is 6.60. The fourth-order valence-electron chi connectivity index (χ4n) is 5.14. The van der Waals surface area contributed by atoms with E-state index in [1.165, 1.54) is 0 Å². The smallest absolute Gasteiger partial charge is 0.317 e. The first kappa shape index (κ1) is 19.7. The molecule has 5 rings (SSSR count). The van der Waals surface area contributed by atoms with Gasteiger partial charge in [-0.25, -0.2) is 4.79 Å². The number of likely N-dealkylation sites (tertiary alicyclic amines) is 1. The molecule has 2 saturated heterocycles. The van der Waals surface area contributed by atoms with Crippen molar-refractivity contribution in [3.05, 3.63) is 58.5 Å². The van der Waals surface area contributed by atoms with Crippen LogP contribution in [-0.2, 0) is 11.3 Å². The monoisotopic (exact) mass is 422 g/mol. The number of pyridine rings is 1. The predicted molar refractivity (Wildman–Crippen MR) is 115 cm³/mol. The highest BCUT2D eigenvalue weighted by Crippen LogP contribution is 2.35. The molecule has 162 valence electrons. The number of nitrogens with one attached hydrogen (secondary N) is 1. The van der Waals surface area contributed by atoms with Crippen LogP contribution in [0.2, 0.25) is 0 Å². The molecule has 2 bridgehead atoms. The zero-order chi connectivity index (χ0) is 21.5. The van der Waals surface area contributed by atoms with Gasteiger partial charge >= 0.3 is 6.03 Å². The molecule has 0 radical (unpaired) electrons. The highest BCUT2D eigenvalue weighted by molar-refractivity contribution is 5.96. The molecule has 3 amide bonds. The summed E-state index contributed by atoms with van der Waals surface area (Å²) < 4.78 is 7.03. The van der Waals surface area contributed by atoms with Gasteiger partial charge in [0.2, 0.25) is 5.91 Å². The van der Waals surface area contributed by atoms with Crippen LogP contribution in [0.3, 0.4) is 0 Å². The van der Waals surface area contributed by atoms with Crippen molar-refractivity contribution in [3.8, 4) is 5.75 Å². The SMILES string of the molecule is COc1ccc(N2C[C@H](NC(=O)N3C[C@H]4C[C@@H](C3)c3cccc(=O)n3C4)CC2=O)cc1. The Hall–Kier alpha value is -3.29. The zero-order valence-electron chi connectivity index (χ0n) is 17.5. The molecular weight excluding hydrogens is 396 g/mol. The van der Waals surface area contributed by atoms with Gasteiger partial charge in [-0.05, 0) is 42.7 Å². The number of piperidine rings is 1. The van der Waals surface area contributed by atoms with Gasteiger partial charge in [-0.3, -0.25) is 9.59 Å². The van der Waals surface area contributed by atoms with E-state index in [9.17, 15) is 14.4 Å². The van der Waals surface area contributed by atoms with Crippen molar-refractivity contribution in [2.45, 2.75) is 31.3 Å². The quantitative estimate of drug-likeness (QED) is 0.818. The Morgan fingerprint density at radius 2 is 1.84 bits per heavy atom. The fourth-order valence-corrected chi connectivity index (χ4v) is 5.14. The number of hydrogen-bond donors (Lipinski definition) is 1. The normalized spacial score (nSPS) is 24.7. The number of carbonyl (C=O) groups is 2. The van der Waals surface area contributed by atoms with Gasteiger partial charge in [0.25, 0.3) is 5.56 Å². The number of ether oxygens (including phenoxy) is 1. The third-order valence-corrected chi connectivity index (χ3v) is 6.60. The lowest BCUT2D eigenvalue weighted by Gasteiger charge is -2.42. The van der Waals surface area contributed by atoms with Gasteiger partial charge in [-0.2, -0.15) is 0 Å². The number of amides is 3. The molecule has 3 aliphatic heterocycles. The Morgan fingerprint density at radius 3 is 2.61 bits per heavy atom. The second kappa shape index (κ2) is 7.76. The van der Waals surface area contributed by atoms with E-state index in [0.717, 1.165) is 23.6 Å². The van der Waals surface area contributed by atoms with Crippen molar-refractivity contribution in [3.63, 3.8) is 0 Å². The molecule has 1 N–H and O–H groups in total. The lowest BCUT2D eigenvalue weighted by molar-refractivity contribution is -0.117. The van der Waals surface area contributed by atoms with Crippen LogP contribution < -0.4 is 20.5 Å². The van der Waals surface area contributed by atoms with E-state index in [-0.39, 0.29) is 41.8 Å². The molecule has 4 heterocycles. The van der Waals surface area contributed by atoms with Crippen LogP contribution in [0.1, 0.15) is 24.5 Å². The van der Waals surface area contributed by atoms with Crippen molar-refractivity contribution < 1.29 is 14.3 Å². The standard InChI is InChI=1S/C23H26N4O4/c1-31-19-7-5-18(6-8-19)26-14-17(10-22(26)29)24-23(30)25-11-15-9-16(13-25)20-3-2-4-21(28)27(20)12-15/h2-8,15-17H,9-14H2,1H3,(H,24,30)/t15-,16+,17-/m1/s1. The summed E-state index contributed by atoms with van der Waals surface area (Å²) in [6, 6.07) is 12.4. The summed E-state index contributed by atoms with van der Waals surface area (Å²) in [6.45, 7) is 2.33. The van der Waals surface area contributed by atoms with Crippen molar-refractivity contribution in [1.29, 1.82) is 0 Å². The molecule has 3 atom stereocenters. The van der Waals surface area contributed by atoms with Crippen LogP contribution in [0.25, 0.3) is 0 Å². The van der Waals surface area contributed by atoms with Gasteiger partial charge in [-0.1, -0.05) is 6.07 Å². The van der Waals surface area contributed by atoms with Crippen molar-refractivity contribution in [2.75, 3.05) is 31.6 Å². The Balaban J connectivity index is 1.24. The number of rotatable bonds is 3. The number of hydrogen-bond acceptors (Lipinski definition) is 4. The van der Waals surface area contributed by atoms with Crippen molar-refractivity contribution >= 4 is 17.6 Å². The predicted octanol–water partition coefficient (Wildman–Crippen LogP) is 1.79. The molecule has 1 aromatic heterocycles. The minimum absolute atomic E-state index is 0.000664. The zero-order valence-corrected chi connectivity index (χ0v) is 17.5. The molecule has 31 heavy (non-hydrogen) atoms. The van der Waals surface area contributed by atoms with Crippen LogP contribution in [-0.4, -0.2) is 54.2 Å². The summed E-state index contributed by atoms with van der Waals surface area (Å²) in [4.78, 5) is 41.3. The van der Waals surface area contributed by atoms with Gasteiger partial charge in [-0.15, -0.1) is 0 Å². The highest BCUT2D eigenvalue weighted by atomic mass is 16.5. The summed E-state index contributed by atoms with van der Waals surface area (Å²) in [5, 5.41) is 3.06. The van der Waals surface area contributed by atoms with E-state index in [0.29, 0.717) is 26.2 Å². The summed E-state index contributed by atoms with van der Waals surface area (Å²) in [5.41, 5.74) is 1.85. The number of nitrogens with zero attached hydrogens (tertiary/aromatic N) is 3. The second-order valence-electron chi connectivity index (χ2n) is 8.66. The van der Waals surface area contributed by atoms with E-state index in [1.807, 2.05) is 39.8 Å². The van der Waals surface area contributed by atoms with E-state index < -0.39 is 0 Å². The van der Waals surface area contributed by atoms with Crippen LogP contribution in [0.5, 0.6) is 5.75 Å². The minimum atomic E-state index is -0.223. The maximum absolute atomic E-state index is 13.0. The first-order valence-electron chi connectivity index (χ1n) is 10.7. The molecule has 2 aromatic rings. The van der Waals surface area contributed by atoms with E-state index in [4.69, 9.17) is 4.74 Å². The van der Waals surface area contributed by atoms with E-state index in [2.05, 4.69) is 5.32 Å². The number of carbonyl (C=O) groups excluding carboxylic acids is 2. The molecule has 0 saturated carbocycles. The number of urea groups is 1. The largest absolute Gasteiger partial charge is 0.497 e. The molecule has 8 nitrogen and oxygen atoms in total. The van der Waals surface area contributed by atoms with E-state index in [1.54, 1.807) is 24.1 Å². The van der Waals surface area contributed by atoms with Gasteiger partial charge in [0.15, 0.2) is 0 Å². The number of fused-ring (bicyclic) bond motifs is 4. The highest BCUT2D eigenvalue weighted by Gasteiger charge is 2.38. The van der Waals surface area contributed by atoms with Crippen LogP contribution in [0, 0.1) is 5.92 Å². The molecule has 0 unspecified atom stereocenters. The maximum atomic E-state index is 13.0. The average molecular weight is 422 g/mol. The van der Waals surface area contributed by atoms with Gasteiger partial charge in [0.05, 0.1) is 13.2 Å². The molecule has 8 heteroatoms.